The van der Waals surface area contributed by atoms with Crippen molar-refractivity contribution in [2.75, 3.05) is 106 Å². The van der Waals surface area contributed by atoms with Crippen LogP contribution < -0.4 is 16.0 Å². The standard InChI is InChI=1S/C40H67N3O18/c1-27(2)34(45)56-15-12-42-38(49)60-32(9)21-54-25-40(23-52-19-30(7)44,26-55-22-33(10)61-39(50)43-13-16-57-35(46)28(3)4)24-53-20-31(8)59-37(48)41-11-14-51-17-18-58-36(47)29(5)6/h30-33,44H,1,3,5,11-26H2,2,4,6-10H3,(H,41,48)(H,42,49)(H,43,50). The number of hydrogen-bond acceptors (Lipinski definition) is 18. The summed E-state index contributed by atoms with van der Waals surface area (Å²) in [6, 6.07) is 0. The Bertz CT molecular complexity index is 1330. The van der Waals surface area contributed by atoms with Gasteiger partial charge >= 0.3 is 36.2 Å². The summed E-state index contributed by atoms with van der Waals surface area (Å²) >= 11 is 0. The summed E-state index contributed by atoms with van der Waals surface area (Å²) in [6.07, 6.45) is -5.23. The fourth-order valence-electron chi connectivity index (χ4n) is 4.28. The number of ether oxygens (including phenoxy) is 11. The fraction of sp³-hybridized carbons (Fsp3) is 0.700. The molecule has 0 aromatic carbocycles. The van der Waals surface area contributed by atoms with E-state index in [1.807, 2.05) is 0 Å². The van der Waals surface area contributed by atoms with Crippen LogP contribution in [0.1, 0.15) is 48.5 Å². The van der Waals surface area contributed by atoms with Gasteiger partial charge in [-0.1, -0.05) is 19.7 Å². The number of carbonyl (C=O) groups excluding carboxylic acids is 6. The average Bonchev–Trinajstić information content (AvgIpc) is 3.17. The van der Waals surface area contributed by atoms with Crippen LogP contribution in [0.5, 0.6) is 0 Å². The first kappa shape index (κ1) is 56.2. The molecule has 0 aliphatic rings. The lowest BCUT2D eigenvalue weighted by atomic mass is 9.92. The molecule has 0 saturated heterocycles. The van der Waals surface area contributed by atoms with Crippen LogP contribution >= 0.6 is 0 Å². The summed E-state index contributed by atoms with van der Waals surface area (Å²) in [5, 5.41) is 17.4. The second kappa shape index (κ2) is 32.9. The summed E-state index contributed by atoms with van der Waals surface area (Å²) in [4.78, 5) is 71.4. The van der Waals surface area contributed by atoms with Crippen molar-refractivity contribution in [2.45, 2.75) is 72.9 Å². The lowest BCUT2D eigenvalue weighted by Crippen LogP contribution is -2.44. The van der Waals surface area contributed by atoms with Crippen molar-refractivity contribution >= 4 is 36.2 Å². The first-order valence-corrected chi connectivity index (χ1v) is 19.6. The van der Waals surface area contributed by atoms with Crippen molar-refractivity contribution in [3.05, 3.63) is 36.5 Å². The van der Waals surface area contributed by atoms with Crippen LogP contribution in [0.4, 0.5) is 14.4 Å². The van der Waals surface area contributed by atoms with Gasteiger partial charge in [-0.15, -0.1) is 0 Å². The Labute approximate surface area is 358 Å². The van der Waals surface area contributed by atoms with Gasteiger partial charge in [0.05, 0.1) is 90.7 Å². The number of amides is 3. The van der Waals surface area contributed by atoms with Gasteiger partial charge < -0.3 is 73.2 Å². The van der Waals surface area contributed by atoms with E-state index in [4.69, 9.17) is 52.1 Å². The molecule has 61 heavy (non-hydrogen) atoms. The molecule has 350 valence electrons. The van der Waals surface area contributed by atoms with Gasteiger partial charge in [-0.05, 0) is 48.5 Å². The highest BCUT2D eigenvalue weighted by Gasteiger charge is 2.34. The number of hydrogen-bond donors (Lipinski definition) is 4. The van der Waals surface area contributed by atoms with Gasteiger partial charge in [0.15, 0.2) is 0 Å². The number of esters is 3. The number of alkyl carbamates (subject to hydrolysis) is 3. The van der Waals surface area contributed by atoms with Gasteiger partial charge in [-0.3, -0.25) is 0 Å². The minimum Gasteiger partial charge on any atom is -0.460 e. The van der Waals surface area contributed by atoms with Crippen LogP contribution in [0.15, 0.2) is 36.5 Å². The lowest BCUT2D eigenvalue weighted by Gasteiger charge is -2.34. The third kappa shape index (κ3) is 30.8. The quantitative estimate of drug-likeness (QED) is 0.0312. The Kier molecular flexibility index (Phi) is 30.3. The smallest absolute Gasteiger partial charge is 0.407 e. The van der Waals surface area contributed by atoms with Crippen molar-refractivity contribution in [3.63, 3.8) is 0 Å². The topological polar surface area (TPSA) is 260 Å². The molecule has 0 spiro atoms. The second-order valence-corrected chi connectivity index (χ2v) is 14.2. The summed E-state index contributed by atoms with van der Waals surface area (Å²) in [7, 11) is 0. The predicted octanol–water partition coefficient (Wildman–Crippen LogP) is 2.14. The molecular formula is C40H67N3O18. The molecule has 0 fully saturated rings. The summed E-state index contributed by atoms with van der Waals surface area (Å²) < 4.78 is 59.9. The molecule has 0 bridgehead atoms. The minimum atomic E-state index is -1.06. The Morgan fingerprint density at radius 3 is 1.11 bits per heavy atom. The van der Waals surface area contributed by atoms with Gasteiger partial charge in [0, 0.05) is 23.3 Å². The highest BCUT2D eigenvalue weighted by atomic mass is 16.6. The number of nitrogens with one attached hydrogen (secondary N) is 3. The van der Waals surface area contributed by atoms with Crippen molar-refractivity contribution < 1.29 is 86.0 Å². The number of aliphatic hydroxyl groups excluding tert-OH is 1. The van der Waals surface area contributed by atoms with Gasteiger partial charge in [0.2, 0.25) is 0 Å². The zero-order chi connectivity index (χ0) is 46.2. The van der Waals surface area contributed by atoms with Gasteiger partial charge in [0.25, 0.3) is 0 Å². The Hall–Kier alpha value is -4.80. The molecule has 4 N–H and O–H groups in total. The number of aliphatic hydroxyl groups is 1. The van der Waals surface area contributed by atoms with E-state index >= 15 is 0 Å². The molecule has 0 saturated carbocycles. The Morgan fingerprint density at radius 1 is 0.475 bits per heavy atom. The van der Waals surface area contributed by atoms with Gasteiger partial charge in [-0.25, -0.2) is 28.8 Å². The normalized spacial score (nSPS) is 13.8. The maximum atomic E-state index is 12.4. The van der Waals surface area contributed by atoms with Crippen molar-refractivity contribution in [2.24, 2.45) is 5.41 Å². The summed E-state index contributed by atoms with van der Waals surface area (Å²) in [5.74, 6) is -1.69. The third-order valence-corrected chi connectivity index (χ3v) is 7.21. The monoisotopic (exact) mass is 877 g/mol. The molecule has 3 amide bonds. The van der Waals surface area contributed by atoms with E-state index in [0.29, 0.717) is 0 Å². The molecule has 4 unspecified atom stereocenters. The maximum Gasteiger partial charge on any atom is 0.407 e. The molecule has 0 aromatic rings. The summed E-state index contributed by atoms with van der Waals surface area (Å²) in [5.41, 5.74) is -0.336. The third-order valence-electron chi connectivity index (χ3n) is 7.21. The van der Waals surface area contributed by atoms with Crippen LogP contribution in [0.3, 0.4) is 0 Å². The molecule has 21 nitrogen and oxygen atoms in total. The molecule has 0 aliphatic heterocycles. The largest absolute Gasteiger partial charge is 0.460 e. The number of carbonyl (C=O) groups is 6. The van der Waals surface area contributed by atoms with Crippen LogP contribution in [0, 0.1) is 5.41 Å². The van der Waals surface area contributed by atoms with E-state index < -0.39 is 66.0 Å². The first-order valence-electron chi connectivity index (χ1n) is 19.6. The highest BCUT2D eigenvalue weighted by Crippen LogP contribution is 2.22. The molecule has 0 radical (unpaired) electrons. The van der Waals surface area contributed by atoms with E-state index in [0.717, 1.165) is 0 Å². The fourth-order valence-corrected chi connectivity index (χ4v) is 4.28. The van der Waals surface area contributed by atoms with Gasteiger partial charge in [0.1, 0.15) is 38.1 Å². The van der Waals surface area contributed by atoms with E-state index in [1.54, 1.807) is 27.7 Å². The van der Waals surface area contributed by atoms with Crippen LogP contribution in [0.25, 0.3) is 0 Å². The van der Waals surface area contributed by atoms with Crippen LogP contribution in [-0.2, 0) is 66.5 Å². The molecule has 4 atom stereocenters. The van der Waals surface area contributed by atoms with Crippen LogP contribution in [-0.4, -0.2) is 171 Å². The van der Waals surface area contributed by atoms with Crippen molar-refractivity contribution in [1.82, 2.24) is 16.0 Å². The maximum absolute atomic E-state index is 12.4. The van der Waals surface area contributed by atoms with Crippen LogP contribution in [0.2, 0.25) is 0 Å². The highest BCUT2D eigenvalue weighted by molar-refractivity contribution is 5.87. The molecule has 0 aromatic heterocycles. The predicted molar refractivity (Wildman–Crippen MR) is 217 cm³/mol. The van der Waals surface area contributed by atoms with E-state index in [2.05, 4.69) is 35.7 Å². The minimum absolute atomic E-state index is 0.00704. The van der Waals surface area contributed by atoms with Crippen molar-refractivity contribution in [3.8, 4) is 0 Å². The molecule has 0 heterocycles. The Morgan fingerprint density at radius 2 is 0.787 bits per heavy atom. The van der Waals surface area contributed by atoms with E-state index in [1.165, 1.54) is 20.8 Å². The van der Waals surface area contributed by atoms with E-state index in [-0.39, 0.29) is 122 Å². The average molecular weight is 878 g/mol. The molecule has 0 rings (SSSR count). The zero-order valence-corrected chi connectivity index (χ0v) is 36.6. The lowest BCUT2D eigenvalue weighted by molar-refractivity contribution is -0.140. The zero-order valence-electron chi connectivity index (χ0n) is 36.6. The molecule has 0 aliphatic carbocycles. The van der Waals surface area contributed by atoms with Crippen molar-refractivity contribution in [1.29, 1.82) is 0 Å². The molecule has 21 heteroatoms. The number of rotatable bonds is 34. The molecular weight excluding hydrogens is 810 g/mol. The Balaban J connectivity index is 5.41. The second-order valence-electron chi connectivity index (χ2n) is 14.2. The first-order chi connectivity index (χ1) is 28.8. The van der Waals surface area contributed by atoms with E-state index in [9.17, 15) is 33.9 Å². The SMILES string of the molecule is C=C(C)C(=O)OCCNC(=O)OC(C)COCC(COCC(C)O)(COCC(C)OC(=O)NCCOCCOC(=O)C(=C)C)COCC(C)OC(=O)NCCOC(=O)C(=C)C. The van der Waals surface area contributed by atoms with Gasteiger partial charge in [-0.2, -0.15) is 0 Å². The summed E-state index contributed by atoms with van der Waals surface area (Å²) in [6.45, 7) is 21.2.